The van der Waals surface area contributed by atoms with E-state index in [4.69, 9.17) is 9.47 Å². The molecule has 3 heterocycles. The van der Waals surface area contributed by atoms with E-state index >= 15 is 0 Å². The van der Waals surface area contributed by atoms with Crippen molar-refractivity contribution in [2.75, 3.05) is 39.2 Å². The molecule has 1 saturated heterocycles. The van der Waals surface area contributed by atoms with Crippen LogP contribution in [0.1, 0.15) is 19.4 Å². The summed E-state index contributed by atoms with van der Waals surface area (Å²) >= 11 is 0. The number of likely N-dealkylation sites (tertiary alicyclic amines) is 1. The Morgan fingerprint density at radius 1 is 1.03 bits per heavy atom. The lowest BCUT2D eigenvalue weighted by Gasteiger charge is -2.39. The van der Waals surface area contributed by atoms with Crippen LogP contribution >= 0.6 is 0 Å². The number of rotatable bonds is 10. The van der Waals surface area contributed by atoms with Crippen molar-refractivity contribution in [3.63, 3.8) is 0 Å². The van der Waals surface area contributed by atoms with E-state index in [0.29, 0.717) is 12.5 Å². The summed E-state index contributed by atoms with van der Waals surface area (Å²) in [4.78, 5) is 7.03. The Labute approximate surface area is 217 Å². The maximum absolute atomic E-state index is 10.1. The molecule has 0 radical (unpaired) electrons. The summed E-state index contributed by atoms with van der Waals surface area (Å²) in [6.45, 7) is 7.86. The summed E-state index contributed by atoms with van der Waals surface area (Å²) in [5, 5.41) is 20.0. The summed E-state index contributed by atoms with van der Waals surface area (Å²) in [5.74, 6) is 2.18. The molecule has 1 fully saturated rings. The van der Waals surface area contributed by atoms with Gasteiger partial charge in [0.05, 0.1) is 37.7 Å². The first-order valence-corrected chi connectivity index (χ1v) is 12.6. The Morgan fingerprint density at radius 3 is 2.62 bits per heavy atom. The molecule has 0 aliphatic carbocycles. The van der Waals surface area contributed by atoms with Crippen LogP contribution in [0.15, 0.2) is 61.1 Å². The van der Waals surface area contributed by atoms with Crippen LogP contribution in [0, 0.1) is 5.92 Å². The molecule has 0 atom stereocenters. The van der Waals surface area contributed by atoms with Gasteiger partial charge in [0.2, 0.25) is 0 Å². The zero-order valence-corrected chi connectivity index (χ0v) is 21.9. The fourth-order valence-electron chi connectivity index (χ4n) is 4.86. The van der Waals surface area contributed by atoms with Crippen LogP contribution in [0.3, 0.4) is 0 Å². The minimum atomic E-state index is -0.819. The number of ether oxygens (including phenoxy) is 2. The molecule has 0 amide bonds. The van der Waals surface area contributed by atoms with E-state index in [0.717, 1.165) is 65.4 Å². The number of aliphatic hydroxyl groups is 1. The number of hydrogen-bond donors (Lipinski definition) is 2. The summed E-state index contributed by atoms with van der Waals surface area (Å²) in [7, 11) is 3.46. The number of anilines is 2. The molecule has 8 heteroatoms. The van der Waals surface area contributed by atoms with Gasteiger partial charge < -0.3 is 19.9 Å². The molecule has 0 unspecified atom stereocenters. The van der Waals surface area contributed by atoms with E-state index in [1.165, 1.54) is 5.56 Å². The lowest BCUT2D eigenvalue weighted by atomic mass is 10.00. The summed E-state index contributed by atoms with van der Waals surface area (Å²) in [6, 6.07) is 14.6. The highest BCUT2D eigenvalue weighted by molar-refractivity contribution is 5.89. The number of nitrogens with zero attached hydrogens (tertiary/aromatic N) is 4. The van der Waals surface area contributed by atoms with Crippen LogP contribution in [0.2, 0.25) is 0 Å². The van der Waals surface area contributed by atoms with E-state index in [-0.39, 0.29) is 0 Å². The third-order valence-corrected chi connectivity index (χ3v) is 6.61. The van der Waals surface area contributed by atoms with E-state index in [1.807, 2.05) is 24.7 Å². The predicted octanol–water partition coefficient (Wildman–Crippen LogP) is 4.70. The van der Waals surface area contributed by atoms with Gasteiger partial charge in [0, 0.05) is 56.0 Å². The number of benzene rings is 2. The SMILES string of the molecule is COCC1CN(Cc2ccc(Nc3cc4cc(-c5cnn(CC(C)(C)O)c5)ccc4cn3)c(OC)c2)C1. The Morgan fingerprint density at radius 2 is 1.86 bits per heavy atom. The zero-order valence-electron chi connectivity index (χ0n) is 21.9. The molecule has 5 rings (SSSR count). The standard InChI is InChI=1S/C29H35N5O3/c1-29(2,35)19-34-17-25(13-31-34)22-6-7-23-12-30-28(11-24(23)10-22)32-26-8-5-20(9-27(26)37-4)14-33-15-21(16-33)18-36-3/h5-13,17,21,35H,14-16,18-19H2,1-4H3,(H,30,32). The minimum Gasteiger partial charge on any atom is -0.495 e. The number of fused-ring (bicyclic) bond motifs is 1. The fourth-order valence-corrected chi connectivity index (χ4v) is 4.86. The van der Waals surface area contributed by atoms with Crippen LogP contribution < -0.4 is 10.1 Å². The van der Waals surface area contributed by atoms with Crippen molar-refractivity contribution >= 4 is 22.3 Å². The lowest BCUT2D eigenvalue weighted by molar-refractivity contribution is 0.0293. The molecule has 2 N–H and O–H groups in total. The van der Waals surface area contributed by atoms with Gasteiger partial charge in [0.15, 0.2) is 0 Å². The van der Waals surface area contributed by atoms with Gasteiger partial charge in [-0.2, -0.15) is 5.10 Å². The van der Waals surface area contributed by atoms with Crippen LogP contribution in [0.4, 0.5) is 11.5 Å². The van der Waals surface area contributed by atoms with Gasteiger partial charge in [0.25, 0.3) is 0 Å². The van der Waals surface area contributed by atoms with E-state index in [9.17, 15) is 5.11 Å². The summed E-state index contributed by atoms with van der Waals surface area (Å²) in [6.07, 6.45) is 5.67. The molecule has 8 nitrogen and oxygen atoms in total. The van der Waals surface area contributed by atoms with Crippen molar-refractivity contribution in [1.82, 2.24) is 19.7 Å². The minimum absolute atomic E-state index is 0.436. The molecule has 37 heavy (non-hydrogen) atoms. The predicted molar refractivity (Wildman–Crippen MR) is 146 cm³/mol. The van der Waals surface area contributed by atoms with Crippen LogP contribution in [-0.2, 0) is 17.8 Å². The third-order valence-electron chi connectivity index (χ3n) is 6.61. The number of methoxy groups -OCH3 is 2. The fraction of sp³-hybridized carbons (Fsp3) is 0.379. The van der Waals surface area contributed by atoms with Gasteiger partial charge in [0.1, 0.15) is 11.6 Å². The van der Waals surface area contributed by atoms with Crippen LogP contribution in [0.5, 0.6) is 5.75 Å². The second-order valence-corrected chi connectivity index (χ2v) is 10.5. The van der Waals surface area contributed by atoms with Crippen molar-refractivity contribution in [3.8, 4) is 16.9 Å². The summed E-state index contributed by atoms with van der Waals surface area (Å²) < 4.78 is 12.7. The number of pyridine rings is 1. The largest absolute Gasteiger partial charge is 0.495 e. The second kappa shape index (κ2) is 10.5. The number of nitrogens with one attached hydrogen (secondary N) is 1. The molecule has 4 aromatic rings. The van der Waals surface area contributed by atoms with E-state index in [2.05, 4.69) is 56.7 Å². The quantitative estimate of drug-likeness (QED) is 0.326. The number of hydrogen-bond acceptors (Lipinski definition) is 7. The lowest BCUT2D eigenvalue weighted by Crippen LogP contribution is -2.47. The van der Waals surface area contributed by atoms with Gasteiger partial charge in [-0.15, -0.1) is 0 Å². The first-order chi connectivity index (χ1) is 17.8. The van der Waals surface area contributed by atoms with E-state index < -0.39 is 5.60 Å². The van der Waals surface area contributed by atoms with E-state index in [1.54, 1.807) is 32.7 Å². The second-order valence-electron chi connectivity index (χ2n) is 10.5. The van der Waals surface area contributed by atoms with Crippen molar-refractivity contribution in [1.29, 1.82) is 0 Å². The van der Waals surface area contributed by atoms with Crippen molar-refractivity contribution in [2.45, 2.75) is 32.5 Å². The Balaban J connectivity index is 1.31. The average molecular weight is 502 g/mol. The molecule has 1 aliphatic rings. The van der Waals surface area contributed by atoms with Crippen LogP contribution in [-0.4, -0.2) is 64.3 Å². The average Bonchev–Trinajstić information content (AvgIpc) is 3.30. The van der Waals surface area contributed by atoms with Gasteiger partial charge in [-0.1, -0.05) is 18.2 Å². The highest BCUT2D eigenvalue weighted by Gasteiger charge is 2.26. The molecule has 2 aromatic heterocycles. The van der Waals surface area contributed by atoms with Crippen LogP contribution in [0.25, 0.3) is 21.9 Å². The highest BCUT2D eigenvalue weighted by Crippen LogP contribution is 2.31. The molecule has 0 saturated carbocycles. The van der Waals surface area contributed by atoms with Gasteiger partial charge in [-0.25, -0.2) is 4.98 Å². The van der Waals surface area contributed by atoms with Crippen molar-refractivity contribution in [3.05, 3.63) is 66.6 Å². The molecular formula is C29H35N5O3. The van der Waals surface area contributed by atoms with Crippen molar-refractivity contribution in [2.24, 2.45) is 5.92 Å². The molecular weight excluding hydrogens is 466 g/mol. The maximum atomic E-state index is 10.1. The van der Waals surface area contributed by atoms with Crippen molar-refractivity contribution < 1.29 is 14.6 Å². The first kappa shape index (κ1) is 25.2. The highest BCUT2D eigenvalue weighted by atomic mass is 16.5. The van der Waals surface area contributed by atoms with Gasteiger partial charge in [-0.3, -0.25) is 9.58 Å². The Hall–Kier alpha value is -3.46. The normalized spacial score (nSPS) is 14.6. The number of aromatic nitrogens is 3. The molecule has 0 bridgehead atoms. The van der Waals surface area contributed by atoms with Gasteiger partial charge in [-0.05, 0) is 54.6 Å². The monoisotopic (exact) mass is 501 g/mol. The molecule has 0 spiro atoms. The zero-order chi connectivity index (χ0) is 26.0. The first-order valence-electron chi connectivity index (χ1n) is 12.6. The summed E-state index contributed by atoms with van der Waals surface area (Å²) in [5.41, 5.74) is 3.35. The topological polar surface area (TPSA) is 84.7 Å². The maximum Gasteiger partial charge on any atom is 0.142 e. The third kappa shape index (κ3) is 6.10. The Kier molecular flexibility index (Phi) is 7.15. The molecule has 2 aromatic carbocycles. The Bertz CT molecular complexity index is 1370. The smallest absolute Gasteiger partial charge is 0.142 e. The van der Waals surface area contributed by atoms with Gasteiger partial charge >= 0.3 is 0 Å². The molecule has 1 aliphatic heterocycles. The molecule has 194 valence electrons.